The summed E-state index contributed by atoms with van der Waals surface area (Å²) in [7, 11) is 0. The van der Waals surface area contributed by atoms with Crippen LogP contribution in [-0.2, 0) is 11.2 Å². The molecule has 0 unspecified atom stereocenters. The molecule has 0 fully saturated rings. The van der Waals surface area contributed by atoms with Gasteiger partial charge >= 0.3 is 5.97 Å². The van der Waals surface area contributed by atoms with Crippen molar-refractivity contribution in [3.8, 4) is 0 Å². The van der Waals surface area contributed by atoms with Crippen molar-refractivity contribution in [1.29, 1.82) is 0 Å². The number of aromatic nitrogens is 1. The second kappa shape index (κ2) is 5.05. The lowest BCUT2D eigenvalue weighted by atomic mass is 9.84. The van der Waals surface area contributed by atoms with Gasteiger partial charge in [0.25, 0.3) is 0 Å². The number of fused-ring (bicyclic) bond motifs is 1. The molecule has 6 heteroatoms. The van der Waals surface area contributed by atoms with Gasteiger partial charge < -0.3 is 10.1 Å². The Kier molecular flexibility index (Phi) is 3.31. The number of amides is 1. The minimum atomic E-state index is -1.00. The van der Waals surface area contributed by atoms with E-state index in [1.807, 2.05) is 0 Å². The quantitative estimate of drug-likeness (QED) is 0.900. The smallest absolute Gasteiger partial charge is 0.337 e. The lowest BCUT2D eigenvalue weighted by Gasteiger charge is -2.17. The number of rotatable bonds is 3. The van der Waals surface area contributed by atoms with Crippen molar-refractivity contribution < 1.29 is 19.1 Å². The van der Waals surface area contributed by atoms with Crippen molar-refractivity contribution in [2.75, 3.05) is 0 Å². The van der Waals surface area contributed by atoms with E-state index in [0.29, 0.717) is 29.1 Å². The maximum absolute atomic E-state index is 13.4. The van der Waals surface area contributed by atoms with Crippen LogP contribution >= 0.6 is 0 Å². The minimum absolute atomic E-state index is 0.229. The fourth-order valence-corrected chi connectivity index (χ4v) is 3.16. The van der Waals surface area contributed by atoms with Crippen molar-refractivity contribution in [2.45, 2.75) is 20.3 Å². The Labute approximate surface area is 126 Å². The summed E-state index contributed by atoms with van der Waals surface area (Å²) in [6.45, 7) is 3.39. The molecule has 2 aliphatic rings. The largest absolute Gasteiger partial charge is 0.478 e. The number of halogens is 1. The summed E-state index contributed by atoms with van der Waals surface area (Å²) in [5, 5.41) is 9.22. The van der Waals surface area contributed by atoms with Gasteiger partial charge in [0, 0.05) is 23.7 Å². The third-order valence-electron chi connectivity index (χ3n) is 4.26. The van der Waals surface area contributed by atoms with Gasteiger partial charge in [0.05, 0.1) is 17.2 Å². The second-order valence-electron chi connectivity index (χ2n) is 5.63. The number of hydrogen-bond donors (Lipinski definition) is 2. The van der Waals surface area contributed by atoms with E-state index in [1.165, 1.54) is 18.2 Å². The fourth-order valence-electron chi connectivity index (χ4n) is 3.16. The van der Waals surface area contributed by atoms with Gasteiger partial charge in [-0.3, -0.25) is 4.79 Å². The molecule has 2 heterocycles. The Balaban J connectivity index is 1.91. The summed E-state index contributed by atoms with van der Waals surface area (Å²) in [6.07, 6.45) is 4.52. The summed E-state index contributed by atoms with van der Waals surface area (Å²) >= 11 is 0. The second-order valence-corrected chi connectivity index (χ2v) is 5.63. The van der Waals surface area contributed by atoms with Gasteiger partial charge in [-0.25, -0.2) is 14.2 Å². The number of carboxylic acids is 1. The van der Waals surface area contributed by atoms with Gasteiger partial charge in [-0.2, -0.15) is 0 Å². The van der Waals surface area contributed by atoms with Gasteiger partial charge in [-0.15, -0.1) is 0 Å². The predicted molar refractivity (Wildman–Crippen MR) is 78.7 cm³/mol. The Morgan fingerprint density at radius 2 is 2.14 bits per heavy atom. The van der Waals surface area contributed by atoms with Crippen molar-refractivity contribution in [3.63, 3.8) is 0 Å². The summed E-state index contributed by atoms with van der Waals surface area (Å²) in [5.41, 5.74) is 2.65. The van der Waals surface area contributed by atoms with Crippen LogP contribution in [0.25, 0.3) is 0 Å². The number of aromatic amines is 1. The van der Waals surface area contributed by atoms with E-state index in [-0.39, 0.29) is 23.2 Å². The molecule has 1 aromatic rings. The Bertz CT molecular complexity index is 771. The van der Waals surface area contributed by atoms with E-state index in [0.717, 1.165) is 0 Å². The molecule has 114 valence electrons. The highest BCUT2D eigenvalue weighted by Crippen LogP contribution is 2.33. The van der Waals surface area contributed by atoms with Crippen molar-refractivity contribution in [1.82, 2.24) is 4.98 Å². The SMILES string of the molecule is Cc1[nH]c(C[C@H]2C(=O)N=C3C=CC(F)=C[C@@H]32)c(C)c1C(=O)O. The number of nitrogens with zero attached hydrogens (tertiary/aromatic N) is 1. The first-order valence-corrected chi connectivity index (χ1v) is 6.97. The summed E-state index contributed by atoms with van der Waals surface area (Å²) in [4.78, 5) is 30.3. The molecule has 0 saturated heterocycles. The average molecular weight is 302 g/mol. The van der Waals surface area contributed by atoms with E-state index < -0.39 is 11.9 Å². The number of aromatic carboxylic acids is 1. The molecule has 0 radical (unpaired) electrons. The maximum Gasteiger partial charge on any atom is 0.337 e. The number of allylic oxidation sites excluding steroid dienone is 4. The number of carbonyl (C=O) groups is 2. The zero-order valence-corrected chi connectivity index (χ0v) is 12.2. The van der Waals surface area contributed by atoms with Crippen LogP contribution in [0.15, 0.2) is 29.0 Å². The van der Waals surface area contributed by atoms with Crippen LogP contribution in [0.2, 0.25) is 0 Å². The number of aryl methyl sites for hydroxylation is 1. The van der Waals surface area contributed by atoms with Crippen LogP contribution in [0, 0.1) is 25.7 Å². The molecular formula is C16H15FN2O3. The number of hydrogen-bond acceptors (Lipinski definition) is 2. The first-order valence-electron chi connectivity index (χ1n) is 6.97. The first-order chi connectivity index (χ1) is 10.4. The van der Waals surface area contributed by atoms with E-state index in [9.17, 15) is 19.1 Å². The van der Waals surface area contributed by atoms with E-state index in [4.69, 9.17) is 0 Å². The van der Waals surface area contributed by atoms with Gasteiger partial charge in [0.15, 0.2) is 0 Å². The molecule has 0 bridgehead atoms. The van der Waals surface area contributed by atoms with Crippen LogP contribution in [0.3, 0.4) is 0 Å². The van der Waals surface area contributed by atoms with Crippen molar-refractivity contribution in [2.24, 2.45) is 16.8 Å². The topological polar surface area (TPSA) is 82.5 Å². The maximum atomic E-state index is 13.4. The number of H-pyrrole nitrogens is 1. The van der Waals surface area contributed by atoms with Crippen LogP contribution in [-0.4, -0.2) is 27.7 Å². The fraction of sp³-hybridized carbons (Fsp3) is 0.312. The lowest BCUT2D eigenvalue weighted by molar-refractivity contribution is -0.121. The van der Waals surface area contributed by atoms with Crippen LogP contribution in [0.4, 0.5) is 4.39 Å². The number of carboxylic acid groups (broad SMARTS) is 1. The third-order valence-corrected chi connectivity index (χ3v) is 4.26. The van der Waals surface area contributed by atoms with Gasteiger partial charge in [0.2, 0.25) is 5.91 Å². The minimum Gasteiger partial charge on any atom is -0.478 e. The van der Waals surface area contributed by atoms with Crippen LogP contribution < -0.4 is 0 Å². The number of aliphatic imine (C=N–C) groups is 1. The van der Waals surface area contributed by atoms with E-state index in [2.05, 4.69) is 9.98 Å². The van der Waals surface area contributed by atoms with Crippen LogP contribution in [0.5, 0.6) is 0 Å². The molecule has 22 heavy (non-hydrogen) atoms. The molecule has 0 spiro atoms. The summed E-state index contributed by atoms with van der Waals surface area (Å²) in [5.74, 6) is -2.55. The van der Waals surface area contributed by atoms with E-state index >= 15 is 0 Å². The molecule has 3 rings (SSSR count). The molecule has 1 aliphatic carbocycles. The molecule has 1 amide bonds. The van der Waals surface area contributed by atoms with E-state index in [1.54, 1.807) is 13.8 Å². The molecular weight excluding hydrogens is 287 g/mol. The molecule has 0 aromatic carbocycles. The summed E-state index contributed by atoms with van der Waals surface area (Å²) in [6, 6.07) is 0. The Morgan fingerprint density at radius 3 is 2.77 bits per heavy atom. The van der Waals surface area contributed by atoms with Crippen LogP contribution in [0.1, 0.15) is 27.3 Å². The Hall–Kier alpha value is -2.50. The molecule has 5 nitrogen and oxygen atoms in total. The van der Waals surface area contributed by atoms with Gasteiger partial charge in [-0.1, -0.05) is 0 Å². The first kappa shape index (κ1) is 14.4. The number of nitrogens with one attached hydrogen (secondary N) is 1. The molecule has 2 atom stereocenters. The highest BCUT2D eigenvalue weighted by Gasteiger charge is 2.38. The zero-order valence-electron chi connectivity index (χ0n) is 12.2. The third kappa shape index (κ3) is 2.20. The molecule has 0 saturated carbocycles. The molecule has 1 aliphatic heterocycles. The summed E-state index contributed by atoms with van der Waals surface area (Å²) < 4.78 is 13.4. The molecule has 2 N–H and O–H groups in total. The highest BCUT2D eigenvalue weighted by molar-refractivity contribution is 6.12. The van der Waals surface area contributed by atoms with Crippen molar-refractivity contribution >= 4 is 17.6 Å². The van der Waals surface area contributed by atoms with Gasteiger partial charge in [-0.05, 0) is 37.6 Å². The standard InChI is InChI=1S/C16H15FN2O3/c1-7-13(18-8(2)14(7)16(21)22)6-11-10-5-9(17)3-4-12(10)19-15(11)20/h3-5,10-11,18H,6H2,1-2H3,(H,21,22)/t10-,11-/m1/s1. The highest BCUT2D eigenvalue weighted by atomic mass is 19.1. The number of carbonyl (C=O) groups excluding carboxylic acids is 1. The predicted octanol–water partition coefficient (Wildman–Crippen LogP) is 2.51. The van der Waals surface area contributed by atoms with Crippen molar-refractivity contribution in [3.05, 3.63) is 46.6 Å². The lowest BCUT2D eigenvalue weighted by Crippen LogP contribution is -2.23. The monoisotopic (exact) mass is 302 g/mol. The van der Waals surface area contributed by atoms with Gasteiger partial charge in [0.1, 0.15) is 5.83 Å². The normalized spacial score (nSPS) is 23.3. The molecule has 1 aromatic heterocycles. The average Bonchev–Trinajstić information content (AvgIpc) is 2.88. The Morgan fingerprint density at radius 1 is 1.41 bits per heavy atom. The zero-order chi connectivity index (χ0) is 16.0.